The van der Waals surface area contributed by atoms with Gasteiger partial charge >= 0.3 is 0 Å². The van der Waals surface area contributed by atoms with Gasteiger partial charge < -0.3 is 10.2 Å². The van der Waals surface area contributed by atoms with Gasteiger partial charge in [0.25, 0.3) is 0 Å². The topological polar surface area (TPSA) is 57.5 Å². The third kappa shape index (κ3) is 9.22. The van der Waals surface area contributed by atoms with E-state index in [-0.39, 0.29) is 23.5 Å². The summed E-state index contributed by atoms with van der Waals surface area (Å²) in [7, 11) is 0. The standard InChI is InChI=1S/C28H50O3/c1-7-11-23(12-8-2)19-20(5)27(30)26(29)18-17-24(10-4)21(6)28(31)25-15-13-22(9-3)14-16-25/h9,15,20-24,27-28,30-31H,3,7-8,10-14,16-19H2,1-2,4-6H3/t20-,21?,22-,24+,27?,28?/m1/s1. The fourth-order valence-electron chi connectivity index (χ4n) is 5.44. The molecule has 180 valence electrons. The van der Waals surface area contributed by atoms with E-state index in [9.17, 15) is 15.0 Å². The van der Waals surface area contributed by atoms with Crippen LogP contribution in [0.5, 0.6) is 0 Å². The zero-order valence-corrected chi connectivity index (χ0v) is 21.0. The SMILES string of the molecule is C=C[C@@H]1CC=C(C(O)C(C)[C@@H](CC)CCC(=O)C(O)[C@H](C)CC(CCC)CCC)CC1. The molecule has 0 aromatic carbocycles. The number of ketones is 1. The Kier molecular flexibility index (Phi) is 13.6. The zero-order chi connectivity index (χ0) is 23.4. The van der Waals surface area contributed by atoms with Gasteiger partial charge in [-0.1, -0.05) is 78.9 Å². The molecule has 3 nitrogen and oxygen atoms in total. The Bertz CT molecular complexity index is 546. The van der Waals surface area contributed by atoms with Crippen LogP contribution in [0.1, 0.15) is 105 Å². The monoisotopic (exact) mass is 434 g/mol. The van der Waals surface area contributed by atoms with Crippen LogP contribution in [0.25, 0.3) is 0 Å². The van der Waals surface area contributed by atoms with E-state index < -0.39 is 12.2 Å². The van der Waals surface area contributed by atoms with Crippen molar-refractivity contribution in [3.63, 3.8) is 0 Å². The molecule has 3 heteroatoms. The van der Waals surface area contributed by atoms with Gasteiger partial charge in [-0.25, -0.2) is 0 Å². The zero-order valence-electron chi connectivity index (χ0n) is 21.0. The number of hydrogen-bond acceptors (Lipinski definition) is 3. The summed E-state index contributed by atoms with van der Waals surface area (Å²) in [4.78, 5) is 12.7. The highest BCUT2D eigenvalue weighted by Gasteiger charge is 2.29. The quantitative estimate of drug-likeness (QED) is 0.260. The summed E-state index contributed by atoms with van der Waals surface area (Å²) in [5.74, 6) is 1.54. The molecule has 31 heavy (non-hydrogen) atoms. The van der Waals surface area contributed by atoms with Crippen molar-refractivity contribution < 1.29 is 15.0 Å². The van der Waals surface area contributed by atoms with Crippen LogP contribution in [-0.4, -0.2) is 28.2 Å². The Balaban J connectivity index is 2.58. The van der Waals surface area contributed by atoms with Crippen molar-refractivity contribution in [2.24, 2.45) is 29.6 Å². The molecule has 0 bridgehead atoms. The number of rotatable bonds is 16. The van der Waals surface area contributed by atoms with Gasteiger partial charge in [0.05, 0.1) is 6.10 Å². The highest BCUT2D eigenvalue weighted by Crippen LogP contribution is 2.33. The molecule has 0 radical (unpaired) electrons. The summed E-state index contributed by atoms with van der Waals surface area (Å²) in [6.07, 6.45) is 13.6. The van der Waals surface area contributed by atoms with Gasteiger partial charge in [0.15, 0.2) is 5.78 Å². The van der Waals surface area contributed by atoms with E-state index in [1.165, 1.54) is 12.8 Å². The Morgan fingerprint density at radius 3 is 2.29 bits per heavy atom. The normalized spacial score (nSPS) is 21.8. The fourth-order valence-corrected chi connectivity index (χ4v) is 5.44. The summed E-state index contributed by atoms with van der Waals surface area (Å²) in [6.45, 7) is 14.6. The lowest BCUT2D eigenvalue weighted by molar-refractivity contribution is -0.130. The third-order valence-corrected chi connectivity index (χ3v) is 7.70. The van der Waals surface area contributed by atoms with E-state index in [0.717, 1.165) is 56.9 Å². The van der Waals surface area contributed by atoms with Crippen molar-refractivity contribution >= 4 is 5.78 Å². The Labute approximate surface area is 192 Å². The van der Waals surface area contributed by atoms with Crippen LogP contribution in [-0.2, 0) is 4.79 Å². The average molecular weight is 435 g/mol. The van der Waals surface area contributed by atoms with Crippen LogP contribution in [0, 0.1) is 29.6 Å². The van der Waals surface area contributed by atoms with Gasteiger partial charge in [0, 0.05) is 6.42 Å². The highest BCUT2D eigenvalue weighted by atomic mass is 16.3. The largest absolute Gasteiger partial charge is 0.388 e. The van der Waals surface area contributed by atoms with Crippen molar-refractivity contribution in [2.45, 2.75) is 117 Å². The third-order valence-electron chi connectivity index (χ3n) is 7.70. The summed E-state index contributed by atoms with van der Waals surface area (Å²) in [5, 5.41) is 21.6. The molecule has 0 amide bonds. The first-order valence-electron chi connectivity index (χ1n) is 13.0. The van der Waals surface area contributed by atoms with E-state index in [0.29, 0.717) is 18.3 Å². The number of allylic oxidation sites excluding steroid dienone is 2. The molecule has 0 saturated heterocycles. The van der Waals surface area contributed by atoms with Gasteiger partial charge in [-0.2, -0.15) is 0 Å². The lowest BCUT2D eigenvalue weighted by atomic mass is 9.77. The van der Waals surface area contributed by atoms with Gasteiger partial charge in [-0.05, 0) is 67.3 Å². The highest BCUT2D eigenvalue weighted by molar-refractivity contribution is 5.83. The van der Waals surface area contributed by atoms with E-state index in [1.807, 2.05) is 13.0 Å². The van der Waals surface area contributed by atoms with E-state index in [2.05, 4.69) is 40.3 Å². The second-order valence-corrected chi connectivity index (χ2v) is 10.1. The lowest BCUT2D eigenvalue weighted by Crippen LogP contribution is -2.32. The van der Waals surface area contributed by atoms with Gasteiger partial charge in [0.1, 0.15) is 6.10 Å². The van der Waals surface area contributed by atoms with Crippen molar-refractivity contribution in [3.8, 4) is 0 Å². The molecular formula is C28H50O3. The number of carbonyl (C=O) groups is 1. The molecule has 1 aliphatic rings. The van der Waals surface area contributed by atoms with Gasteiger partial charge in [-0.15, -0.1) is 6.58 Å². The predicted molar refractivity (Wildman–Crippen MR) is 132 cm³/mol. The molecule has 1 aliphatic carbocycles. The predicted octanol–water partition coefficient (Wildman–Crippen LogP) is 6.87. The summed E-state index contributed by atoms with van der Waals surface area (Å²) in [5.41, 5.74) is 1.15. The van der Waals surface area contributed by atoms with Crippen molar-refractivity contribution in [3.05, 3.63) is 24.3 Å². The molecule has 0 aromatic heterocycles. The van der Waals surface area contributed by atoms with Crippen LogP contribution in [0.2, 0.25) is 0 Å². The van der Waals surface area contributed by atoms with Crippen molar-refractivity contribution in [2.75, 3.05) is 0 Å². The van der Waals surface area contributed by atoms with E-state index in [4.69, 9.17) is 0 Å². The van der Waals surface area contributed by atoms with Crippen LogP contribution in [0.4, 0.5) is 0 Å². The first-order chi connectivity index (χ1) is 14.8. The first kappa shape index (κ1) is 28.1. The molecule has 2 N–H and O–H groups in total. The molecule has 3 unspecified atom stereocenters. The minimum Gasteiger partial charge on any atom is -0.388 e. The van der Waals surface area contributed by atoms with Crippen molar-refractivity contribution in [1.82, 2.24) is 0 Å². The molecule has 0 fully saturated rings. The number of Topliss-reactive ketones (excluding diaryl/α,β-unsaturated/α-hetero) is 1. The van der Waals surface area contributed by atoms with Crippen LogP contribution in [0.15, 0.2) is 24.3 Å². The second-order valence-electron chi connectivity index (χ2n) is 10.1. The maximum atomic E-state index is 12.7. The number of aliphatic hydroxyl groups is 2. The lowest BCUT2D eigenvalue weighted by Gasteiger charge is -2.31. The first-order valence-corrected chi connectivity index (χ1v) is 13.0. The molecule has 1 rings (SSSR count). The maximum absolute atomic E-state index is 12.7. The molecule has 0 aromatic rings. The Morgan fingerprint density at radius 1 is 1.16 bits per heavy atom. The summed E-state index contributed by atoms with van der Waals surface area (Å²) >= 11 is 0. The minimum atomic E-state index is -0.856. The van der Waals surface area contributed by atoms with Gasteiger partial charge in [-0.3, -0.25) is 4.79 Å². The molecular weight excluding hydrogens is 384 g/mol. The Morgan fingerprint density at radius 2 is 1.81 bits per heavy atom. The van der Waals surface area contributed by atoms with Crippen molar-refractivity contribution in [1.29, 1.82) is 0 Å². The Hall–Kier alpha value is -0.930. The molecule has 6 atom stereocenters. The maximum Gasteiger partial charge on any atom is 0.161 e. The smallest absolute Gasteiger partial charge is 0.161 e. The minimum absolute atomic E-state index is 0.0175. The summed E-state index contributed by atoms with van der Waals surface area (Å²) < 4.78 is 0. The summed E-state index contributed by atoms with van der Waals surface area (Å²) in [6, 6.07) is 0. The fraction of sp³-hybridized carbons (Fsp3) is 0.821. The number of aliphatic hydroxyl groups excluding tert-OH is 2. The molecule has 0 spiro atoms. The van der Waals surface area contributed by atoms with Crippen LogP contribution < -0.4 is 0 Å². The van der Waals surface area contributed by atoms with Gasteiger partial charge in [0.2, 0.25) is 0 Å². The van der Waals surface area contributed by atoms with Crippen LogP contribution in [0.3, 0.4) is 0 Å². The van der Waals surface area contributed by atoms with E-state index >= 15 is 0 Å². The average Bonchev–Trinajstić information content (AvgIpc) is 2.78. The number of carbonyl (C=O) groups excluding carboxylic acids is 1. The molecule has 0 saturated carbocycles. The second kappa shape index (κ2) is 15.0. The van der Waals surface area contributed by atoms with E-state index in [1.54, 1.807) is 0 Å². The molecule has 0 heterocycles. The van der Waals surface area contributed by atoms with Crippen LogP contribution >= 0.6 is 0 Å². The number of hydrogen-bond donors (Lipinski definition) is 2. The molecule has 0 aliphatic heterocycles.